The number of rotatable bonds is 4. The number of aromatic nitrogens is 1. The molecule has 3 aliphatic carbocycles. The number of likely N-dealkylation sites (tertiary alicyclic amines) is 1. The lowest BCUT2D eigenvalue weighted by molar-refractivity contribution is -0.152. The third-order valence-corrected chi connectivity index (χ3v) is 9.19. The molecule has 7 rings (SSSR count). The third-order valence-electron chi connectivity index (χ3n) is 9.19. The van der Waals surface area contributed by atoms with Crippen LogP contribution < -0.4 is 9.47 Å². The van der Waals surface area contributed by atoms with Crippen LogP contribution in [-0.2, 0) is 24.7 Å². The van der Waals surface area contributed by atoms with E-state index in [9.17, 15) is 5.11 Å². The van der Waals surface area contributed by atoms with Crippen molar-refractivity contribution in [3.8, 4) is 11.5 Å². The minimum Gasteiger partial charge on any atom is -0.493 e. The zero-order chi connectivity index (χ0) is 22.4. The maximum atomic E-state index is 12.9. The number of hydrogen-bond donors (Lipinski definition) is 2. The van der Waals surface area contributed by atoms with Gasteiger partial charge in [-0.05, 0) is 61.4 Å². The highest BCUT2D eigenvalue weighted by Crippen LogP contribution is 2.60. The number of fused-ring (bicyclic) bond motifs is 4. The molecule has 2 fully saturated rings. The van der Waals surface area contributed by atoms with Crippen LogP contribution in [0.1, 0.15) is 41.6 Å². The zero-order valence-corrected chi connectivity index (χ0v) is 19.5. The van der Waals surface area contributed by atoms with E-state index in [0.29, 0.717) is 6.42 Å². The molecule has 33 heavy (non-hydrogen) atoms. The van der Waals surface area contributed by atoms with E-state index in [1.54, 1.807) is 14.2 Å². The van der Waals surface area contributed by atoms with Crippen molar-refractivity contribution in [1.29, 1.82) is 0 Å². The Morgan fingerprint density at radius 2 is 1.94 bits per heavy atom. The van der Waals surface area contributed by atoms with Crippen LogP contribution in [0.3, 0.4) is 0 Å². The molecule has 1 aromatic heterocycles. The summed E-state index contributed by atoms with van der Waals surface area (Å²) in [6.45, 7) is 2.14. The van der Waals surface area contributed by atoms with Gasteiger partial charge >= 0.3 is 0 Å². The number of nitrogens with zero attached hydrogens (tertiary/aromatic N) is 1. The van der Waals surface area contributed by atoms with E-state index in [4.69, 9.17) is 9.47 Å². The predicted molar refractivity (Wildman–Crippen MR) is 128 cm³/mol. The maximum Gasteiger partial charge on any atom is 0.164 e. The normalized spacial score (nSPS) is 30.5. The van der Waals surface area contributed by atoms with E-state index >= 15 is 0 Å². The Labute approximate surface area is 194 Å². The lowest BCUT2D eigenvalue weighted by Crippen LogP contribution is -2.74. The van der Waals surface area contributed by atoms with Gasteiger partial charge in [-0.3, -0.25) is 4.90 Å². The van der Waals surface area contributed by atoms with Gasteiger partial charge in [0.15, 0.2) is 11.5 Å². The first-order valence-corrected chi connectivity index (χ1v) is 12.4. The topological polar surface area (TPSA) is 57.7 Å². The van der Waals surface area contributed by atoms with Crippen LogP contribution in [0.5, 0.6) is 11.5 Å². The van der Waals surface area contributed by atoms with E-state index < -0.39 is 5.60 Å². The number of methoxy groups -OCH3 is 2. The second-order valence-electron chi connectivity index (χ2n) is 10.7. The number of nitrogens with one attached hydrogen (secondary N) is 1. The molecule has 1 aliphatic heterocycles. The quantitative estimate of drug-likeness (QED) is 0.639. The highest BCUT2D eigenvalue weighted by atomic mass is 16.5. The monoisotopic (exact) mass is 444 g/mol. The minimum atomic E-state index is -0.843. The standard InChI is InChI=1S/C28H32N2O3/c1-32-23-10-9-18-13-24-28(31)14-20-19-5-3-4-6-21(19)29-22(20)15-27(28,25(18)26(23)33-2)11-12-30(24)16-17-7-8-17/h3-6,9-10,17,24,29,31H,7-8,11-16H2,1-2H3/t24-,27-,28-/m1/s1. The molecule has 2 aromatic carbocycles. The molecule has 5 nitrogen and oxygen atoms in total. The summed E-state index contributed by atoms with van der Waals surface area (Å²) in [6, 6.07) is 12.9. The molecule has 2 bridgehead atoms. The number of benzene rings is 2. The number of H-pyrrole nitrogens is 1. The summed E-state index contributed by atoms with van der Waals surface area (Å²) in [6.07, 6.45) is 5.94. The average molecular weight is 445 g/mol. The molecule has 0 radical (unpaired) electrons. The van der Waals surface area contributed by atoms with Gasteiger partial charge in [-0.2, -0.15) is 0 Å². The molecular weight excluding hydrogens is 412 g/mol. The fraction of sp³-hybridized carbons (Fsp3) is 0.500. The maximum absolute atomic E-state index is 12.9. The molecule has 1 saturated carbocycles. The fourth-order valence-corrected chi connectivity index (χ4v) is 7.49. The first-order chi connectivity index (χ1) is 16.1. The van der Waals surface area contributed by atoms with E-state index in [2.05, 4.69) is 40.2 Å². The van der Waals surface area contributed by atoms with Crippen molar-refractivity contribution in [2.75, 3.05) is 27.3 Å². The van der Waals surface area contributed by atoms with Gasteiger partial charge in [-0.15, -0.1) is 0 Å². The summed E-state index contributed by atoms with van der Waals surface area (Å²) in [5.41, 5.74) is 4.99. The van der Waals surface area contributed by atoms with Crippen molar-refractivity contribution >= 4 is 10.9 Å². The number of aliphatic hydroxyl groups is 1. The van der Waals surface area contributed by atoms with Crippen molar-refractivity contribution in [3.05, 3.63) is 58.8 Å². The Kier molecular flexibility index (Phi) is 4.09. The number of piperidine rings is 1. The average Bonchev–Trinajstić information content (AvgIpc) is 3.58. The van der Waals surface area contributed by atoms with Gasteiger partial charge < -0.3 is 19.6 Å². The Bertz CT molecular complexity index is 1260. The number of para-hydroxylation sites is 1. The zero-order valence-electron chi connectivity index (χ0n) is 19.5. The minimum absolute atomic E-state index is 0.124. The molecule has 0 unspecified atom stereocenters. The smallest absolute Gasteiger partial charge is 0.164 e. The van der Waals surface area contributed by atoms with Crippen molar-refractivity contribution in [2.45, 2.75) is 55.6 Å². The van der Waals surface area contributed by atoms with Crippen molar-refractivity contribution in [1.82, 2.24) is 9.88 Å². The van der Waals surface area contributed by atoms with E-state index in [1.807, 2.05) is 6.07 Å². The number of aromatic amines is 1. The summed E-state index contributed by atoms with van der Waals surface area (Å²) < 4.78 is 11.7. The predicted octanol–water partition coefficient (Wildman–Crippen LogP) is 3.99. The van der Waals surface area contributed by atoms with E-state index in [0.717, 1.165) is 49.8 Å². The van der Waals surface area contributed by atoms with Gasteiger partial charge in [0.05, 0.1) is 19.8 Å². The molecule has 1 saturated heterocycles. The summed E-state index contributed by atoms with van der Waals surface area (Å²) in [5.74, 6) is 2.37. The van der Waals surface area contributed by atoms with Gasteiger partial charge in [0.1, 0.15) is 0 Å². The van der Waals surface area contributed by atoms with Crippen LogP contribution in [-0.4, -0.2) is 53.9 Å². The van der Waals surface area contributed by atoms with Gasteiger partial charge in [0, 0.05) is 53.0 Å². The Balaban J connectivity index is 1.48. The third kappa shape index (κ3) is 2.55. The summed E-state index contributed by atoms with van der Waals surface area (Å²) >= 11 is 0. The van der Waals surface area contributed by atoms with Crippen LogP contribution in [0.25, 0.3) is 10.9 Å². The lowest BCUT2D eigenvalue weighted by Gasteiger charge is -2.63. The molecule has 2 N–H and O–H groups in total. The molecule has 0 amide bonds. The van der Waals surface area contributed by atoms with E-state index in [1.165, 1.54) is 46.1 Å². The number of hydrogen-bond acceptors (Lipinski definition) is 4. The van der Waals surface area contributed by atoms with Crippen LogP contribution in [0.2, 0.25) is 0 Å². The molecule has 172 valence electrons. The summed E-state index contributed by atoms with van der Waals surface area (Å²) in [4.78, 5) is 6.34. The summed E-state index contributed by atoms with van der Waals surface area (Å²) in [7, 11) is 3.44. The fourth-order valence-electron chi connectivity index (χ4n) is 7.49. The Hall–Kier alpha value is -2.50. The van der Waals surface area contributed by atoms with Crippen molar-refractivity contribution in [2.24, 2.45) is 5.92 Å². The van der Waals surface area contributed by atoms with Crippen LogP contribution in [0, 0.1) is 5.92 Å². The van der Waals surface area contributed by atoms with Crippen LogP contribution in [0.15, 0.2) is 36.4 Å². The molecule has 5 heteroatoms. The molecule has 4 aliphatic rings. The van der Waals surface area contributed by atoms with E-state index in [-0.39, 0.29) is 11.5 Å². The van der Waals surface area contributed by atoms with Gasteiger partial charge in [-0.1, -0.05) is 24.3 Å². The van der Waals surface area contributed by atoms with Crippen LogP contribution in [0.4, 0.5) is 0 Å². The van der Waals surface area contributed by atoms with Gasteiger partial charge in [0.2, 0.25) is 0 Å². The highest BCUT2D eigenvalue weighted by molar-refractivity contribution is 5.85. The molecular formula is C28H32N2O3. The molecule has 3 aromatic rings. The second kappa shape index (κ2) is 6.77. The lowest BCUT2D eigenvalue weighted by atomic mass is 9.49. The molecule has 2 heterocycles. The van der Waals surface area contributed by atoms with Crippen molar-refractivity contribution in [3.63, 3.8) is 0 Å². The number of ether oxygens (including phenoxy) is 2. The first kappa shape index (κ1) is 19.9. The summed E-state index contributed by atoms with van der Waals surface area (Å²) in [5, 5.41) is 14.1. The largest absolute Gasteiger partial charge is 0.493 e. The van der Waals surface area contributed by atoms with Gasteiger partial charge in [0.25, 0.3) is 0 Å². The second-order valence-corrected chi connectivity index (χ2v) is 10.7. The van der Waals surface area contributed by atoms with Gasteiger partial charge in [-0.25, -0.2) is 0 Å². The van der Waals surface area contributed by atoms with Crippen LogP contribution >= 0.6 is 0 Å². The Morgan fingerprint density at radius 1 is 1.09 bits per heavy atom. The first-order valence-electron chi connectivity index (χ1n) is 12.4. The molecule has 3 atom stereocenters. The Morgan fingerprint density at radius 3 is 2.73 bits per heavy atom. The SMILES string of the molecule is COc1ccc2c(c1OC)[C@]13CCN(CC4CC4)[C@H](C2)[C@]1(O)Cc1c([nH]c2ccccc12)C3. The van der Waals surface area contributed by atoms with Crippen molar-refractivity contribution < 1.29 is 14.6 Å². The molecule has 0 spiro atoms. The highest BCUT2D eigenvalue weighted by Gasteiger charge is 2.66.